The Kier molecular flexibility index (Phi) is 5.58. The summed E-state index contributed by atoms with van der Waals surface area (Å²) in [6, 6.07) is 7.30. The quantitative estimate of drug-likeness (QED) is 0.836. The Hall–Kier alpha value is -2.38. The number of fused-ring (bicyclic) bond motifs is 1. The van der Waals surface area contributed by atoms with Crippen molar-refractivity contribution < 1.29 is 9.53 Å². The number of carbonyl (C=O) groups excluding carboxylic acids is 1. The van der Waals surface area contributed by atoms with Crippen LogP contribution in [0.3, 0.4) is 0 Å². The van der Waals surface area contributed by atoms with E-state index in [0.717, 1.165) is 5.56 Å². The molecule has 7 nitrogen and oxygen atoms in total. The van der Waals surface area contributed by atoms with E-state index >= 15 is 0 Å². The third-order valence-electron chi connectivity index (χ3n) is 3.97. The van der Waals surface area contributed by atoms with Gasteiger partial charge in [-0.1, -0.05) is 23.7 Å². The number of benzene rings is 1. The molecule has 1 aromatic carbocycles. The first kappa shape index (κ1) is 18.4. The molecule has 138 valence electrons. The molecule has 1 aromatic heterocycles. The van der Waals surface area contributed by atoms with Gasteiger partial charge in [-0.25, -0.2) is 9.78 Å². The molecule has 0 fully saturated rings. The lowest BCUT2D eigenvalue weighted by Crippen LogP contribution is -2.49. The van der Waals surface area contributed by atoms with Gasteiger partial charge in [0.15, 0.2) is 0 Å². The Bertz CT molecular complexity index is 799. The van der Waals surface area contributed by atoms with Gasteiger partial charge >= 0.3 is 6.03 Å². The minimum Gasteiger partial charge on any atom is -0.383 e. The fourth-order valence-corrected chi connectivity index (χ4v) is 3.03. The SMILES string of the molecule is COCCN1C(=O)N(c2ccccc2Cl)Cc2cnc(NC(C)C)nc21. The van der Waals surface area contributed by atoms with E-state index in [1.807, 2.05) is 32.0 Å². The summed E-state index contributed by atoms with van der Waals surface area (Å²) in [6.45, 7) is 5.18. The third kappa shape index (κ3) is 3.73. The second-order valence-electron chi connectivity index (χ2n) is 6.31. The van der Waals surface area contributed by atoms with Gasteiger partial charge in [0.1, 0.15) is 5.82 Å². The molecule has 2 amide bonds. The molecule has 0 atom stereocenters. The monoisotopic (exact) mass is 375 g/mol. The number of anilines is 3. The van der Waals surface area contributed by atoms with Crippen LogP contribution in [0.5, 0.6) is 0 Å². The summed E-state index contributed by atoms with van der Waals surface area (Å²) >= 11 is 6.31. The molecule has 0 aliphatic carbocycles. The van der Waals surface area contributed by atoms with Crippen LogP contribution in [0.1, 0.15) is 19.4 Å². The zero-order valence-corrected chi connectivity index (χ0v) is 15.8. The Morgan fingerprint density at radius 3 is 2.81 bits per heavy atom. The van der Waals surface area contributed by atoms with E-state index in [2.05, 4.69) is 15.3 Å². The maximum atomic E-state index is 13.1. The molecule has 1 aliphatic rings. The van der Waals surface area contributed by atoms with Crippen LogP contribution in [-0.2, 0) is 11.3 Å². The van der Waals surface area contributed by atoms with E-state index in [4.69, 9.17) is 16.3 Å². The average Bonchev–Trinajstić information content (AvgIpc) is 2.61. The number of ether oxygens (including phenoxy) is 1. The number of methoxy groups -OCH3 is 1. The number of nitrogens with zero attached hydrogens (tertiary/aromatic N) is 4. The predicted octanol–water partition coefficient (Wildman–Crippen LogP) is 3.54. The van der Waals surface area contributed by atoms with E-state index in [1.54, 1.807) is 29.2 Å². The molecule has 0 saturated carbocycles. The van der Waals surface area contributed by atoms with Crippen molar-refractivity contribution in [1.82, 2.24) is 9.97 Å². The fourth-order valence-electron chi connectivity index (χ4n) is 2.79. The van der Waals surface area contributed by atoms with Crippen LogP contribution in [0.15, 0.2) is 30.5 Å². The number of carbonyl (C=O) groups is 1. The summed E-state index contributed by atoms with van der Waals surface area (Å²) in [4.78, 5) is 25.3. The highest BCUT2D eigenvalue weighted by Gasteiger charge is 2.33. The molecule has 1 aliphatic heterocycles. The first-order valence-corrected chi connectivity index (χ1v) is 8.84. The van der Waals surface area contributed by atoms with Crippen LogP contribution in [-0.4, -0.2) is 42.3 Å². The topological polar surface area (TPSA) is 70.6 Å². The van der Waals surface area contributed by atoms with Gasteiger partial charge in [0.05, 0.1) is 30.4 Å². The smallest absolute Gasteiger partial charge is 0.330 e. The van der Waals surface area contributed by atoms with Crippen LogP contribution in [0.4, 0.5) is 22.2 Å². The molecule has 0 saturated heterocycles. The molecule has 2 heterocycles. The van der Waals surface area contributed by atoms with Crippen molar-refractivity contribution in [1.29, 1.82) is 0 Å². The molecule has 0 bridgehead atoms. The highest BCUT2D eigenvalue weighted by Crippen LogP contribution is 2.34. The van der Waals surface area contributed by atoms with E-state index < -0.39 is 0 Å². The molecule has 0 radical (unpaired) electrons. The van der Waals surface area contributed by atoms with Gasteiger partial charge in [0.25, 0.3) is 0 Å². The first-order chi connectivity index (χ1) is 12.5. The first-order valence-electron chi connectivity index (χ1n) is 8.46. The minimum atomic E-state index is -0.183. The van der Waals surface area contributed by atoms with Crippen molar-refractivity contribution in [3.05, 3.63) is 41.0 Å². The molecular weight excluding hydrogens is 354 g/mol. The number of aromatic nitrogens is 2. The minimum absolute atomic E-state index is 0.183. The van der Waals surface area contributed by atoms with Gasteiger partial charge in [0.2, 0.25) is 5.95 Å². The summed E-state index contributed by atoms with van der Waals surface area (Å²) in [6.07, 6.45) is 1.75. The lowest BCUT2D eigenvalue weighted by atomic mass is 10.2. The van der Waals surface area contributed by atoms with Crippen LogP contribution in [0, 0.1) is 0 Å². The maximum Gasteiger partial charge on any atom is 0.330 e. The molecule has 1 N–H and O–H groups in total. The predicted molar refractivity (Wildman–Crippen MR) is 103 cm³/mol. The van der Waals surface area contributed by atoms with Crippen molar-refractivity contribution in [3.8, 4) is 0 Å². The Morgan fingerprint density at radius 1 is 1.35 bits per heavy atom. The van der Waals surface area contributed by atoms with Crippen LogP contribution >= 0.6 is 11.6 Å². The largest absolute Gasteiger partial charge is 0.383 e. The molecule has 0 spiro atoms. The van der Waals surface area contributed by atoms with E-state index in [-0.39, 0.29) is 12.1 Å². The van der Waals surface area contributed by atoms with Crippen molar-refractivity contribution in [3.63, 3.8) is 0 Å². The second-order valence-corrected chi connectivity index (χ2v) is 6.71. The average molecular weight is 376 g/mol. The van der Waals surface area contributed by atoms with E-state index in [1.165, 1.54) is 0 Å². The van der Waals surface area contributed by atoms with Gasteiger partial charge in [-0.2, -0.15) is 4.98 Å². The molecule has 3 rings (SSSR count). The van der Waals surface area contributed by atoms with Crippen molar-refractivity contribution in [2.75, 3.05) is 35.4 Å². The van der Waals surface area contributed by atoms with Crippen molar-refractivity contribution in [2.45, 2.75) is 26.4 Å². The third-order valence-corrected chi connectivity index (χ3v) is 4.29. The zero-order chi connectivity index (χ0) is 18.7. The normalized spacial score (nSPS) is 14.0. The number of rotatable bonds is 6. The van der Waals surface area contributed by atoms with Gasteiger partial charge in [-0.3, -0.25) is 9.80 Å². The van der Waals surface area contributed by atoms with E-state index in [0.29, 0.717) is 42.2 Å². The Morgan fingerprint density at radius 2 is 2.12 bits per heavy atom. The van der Waals surface area contributed by atoms with Gasteiger partial charge in [-0.15, -0.1) is 0 Å². The standard InChI is InChI=1S/C18H22ClN5O2/c1-12(2)21-17-20-10-13-11-24(15-7-5-4-6-14(15)19)18(25)23(8-9-26-3)16(13)22-17/h4-7,10,12H,8-9,11H2,1-3H3,(H,20,21,22). The number of amides is 2. The number of urea groups is 1. The number of para-hydroxylation sites is 1. The van der Waals surface area contributed by atoms with Crippen molar-refractivity contribution >= 4 is 35.1 Å². The molecule has 0 unspecified atom stereocenters. The summed E-state index contributed by atoms with van der Waals surface area (Å²) in [5.41, 5.74) is 1.52. The number of hydrogen-bond acceptors (Lipinski definition) is 5. The van der Waals surface area contributed by atoms with Gasteiger partial charge in [-0.05, 0) is 26.0 Å². The maximum absolute atomic E-state index is 13.1. The summed E-state index contributed by atoms with van der Waals surface area (Å²) in [7, 11) is 1.60. The Balaban J connectivity index is 2.01. The number of halogens is 1. The number of nitrogens with one attached hydrogen (secondary N) is 1. The summed E-state index contributed by atoms with van der Waals surface area (Å²) < 4.78 is 5.17. The number of hydrogen-bond donors (Lipinski definition) is 1. The van der Waals surface area contributed by atoms with Gasteiger partial charge < -0.3 is 10.1 Å². The lowest BCUT2D eigenvalue weighted by molar-refractivity contribution is 0.202. The lowest BCUT2D eigenvalue weighted by Gasteiger charge is -2.36. The van der Waals surface area contributed by atoms with Gasteiger partial charge in [0, 0.05) is 24.9 Å². The molecular formula is C18H22ClN5O2. The zero-order valence-electron chi connectivity index (χ0n) is 15.1. The second kappa shape index (κ2) is 7.88. The summed E-state index contributed by atoms with van der Waals surface area (Å²) in [5.74, 6) is 1.11. The Labute approximate surface area is 157 Å². The highest BCUT2D eigenvalue weighted by molar-refractivity contribution is 6.34. The summed E-state index contributed by atoms with van der Waals surface area (Å²) in [5, 5.41) is 3.70. The molecule has 8 heteroatoms. The van der Waals surface area contributed by atoms with E-state index in [9.17, 15) is 4.79 Å². The van der Waals surface area contributed by atoms with Crippen LogP contribution in [0.25, 0.3) is 0 Å². The van der Waals surface area contributed by atoms with Crippen LogP contribution in [0.2, 0.25) is 5.02 Å². The van der Waals surface area contributed by atoms with Crippen molar-refractivity contribution in [2.24, 2.45) is 0 Å². The van der Waals surface area contributed by atoms with Crippen LogP contribution < -0.4 is 15.1 Å². The fraction of sp³-hybridized carbons (Fsp3) is 0.389. The highest BCUT2D eigenvalue weighted by atomic mass is 35.5. The molecule has 26 heavy (non-hydrogen) atoms. The molecule has 2 aromatic rings.